The van der Waals surface area contributed by atoms with Gasteiger partial charge in [-0.25, -0.2) is 4.79 Å². The molecule has 1 N–H and O–H groups in total. The van der Waals surface area contributed by atoms with E-state index in [-0.39, 0.29) is 23.5 Å². The van der Waals surface area contributed by atoms with Crippen LogP contribution in [0, 0.1) is 6.92 Å². The Morgan fingerprint density at radius 1 is 1.32 bits per heavy atom. The van der Waals surface area contributed by atoms with Crippen molar-refractivity contribution in [3.63, 3.8) is 0 Å². The van der Waals surface area contributed by atoms with Crippen molar-refractivity contribution in [3.8, 4) is 0 Å². The van der Waals surface area contributed by atoms with E-state index in [2.05, 4.69) is 5.32 Å². The van der Waals surface area contributed by atoms with Gasteiger partial charge in [0.15, 0.2) is 11.5 Å². The van der Waals surface area contributed by atoms with E-state index in [0.717, 1.165) is 19.3 Å². The third-order valence-corrected chi connectivity index (χ3v) is 4.81. The highest BCUT2D eigenvalue weighted by Crippen LogP contribution is 2.30. The number of nitrogens with zero attached hydrogens (tertiary/aromatic N) is 1. The second-order valence-corrected chi connectivity index (χ2v) is 6.59. The highest BCUT2D eigenvalue weighted by molar-refractivity contribution is 6.03. The smallest absolute Gasteiger partial charge is 0.407 e. The van der Waals surface area contributed by atoms with Gasteiger partial charge in [-0.1, -0.05) is 0 Å². The number of amides is 2. The van der Waals surface area contributed by atoms with E-state index in [1.807, 2.05) is 0 Å². The monoisotopic (exact) mass is 348 g/mol. The zero-order chi connectivity index (χ0) is 18.0. The van der Waals surface area contributed by atoms with Crippen LogP contribution in [0.5, 0.6) is 0 Å². The summed E-state index contributed by atoms with van der Waals surface area (Å²) >= 11 is 0. The van der Waals surface area contributed by atoms with E-state index in [0.29, 0.717) is 49.4 Å². The number of fused-ring (bicyclic) bond motifs is 1. The molecule has 0 radical (unpaired) electrons. The number of piperidine rings is 1. The van der Waals surface area contributed by atoms with Gasteiger partial charge in [0.25, 0.3) is 5.91 Å². The molecular weight excluding hydrogens is 324 g/mol. The van der Waals surface area contributed by atoms with Gasteiger partial charge in [0.1, 0.15) is 5.76 Å². The molecule has 0 bridgehead atoms. The number of furan rings is 1. The summed E-state index contributed by atoms with van der Waals surface area (Å²) in [6, 6.07) is -0.136. The average Bonchev–Trinajstić information content (AvgIpc) is 2.93. The Hall–Kier alpha value is -2.31. The summed E-state index contributed by atoms with van der Waals surface area (Å²) in [6.45, 7) is 4.86. The fourth-order valence-electron chi connectivity index (χ4n) is 3.62. The fraction of sp³-hybridized carbons (Fsp3) is 0.611. The van der Waals surface area contributed by atoms with Crippen molar-refractivity contribution < 1.29 is 23.5 Å². The van der Waals surface area contributed by atoms with Gasteiger partial charge in [0.2, 0.25) is 0 Å². The maximum absolute atomic E-state index is 12.9. The summed E-state index contributed by atoms with van der Waals surface area (Å²) in [7, 11) is 0. The highest BCUT2D eigenvalue weighted by Gasteiger charge is 2.33. The molecule has 0 saturated carbocycles. The van der Waals surface area contributed by atoms with Crippen LogP contribution in [0.25, 0.3) is 0 Å². The van der Waals surface area contributed by atoms with Crippen LogP contribution < -0.4 is 5.32 Å². The number of aryl methyl sites for hydroxylation is 1. The summed E-state index contributed by atoms with van der Waals surface area (Å²) < 4.78 is 10.7. The van der Waals surface area contributed by atoms with E-state index >= 15 is 0 Å². The molecular formula is C18H24N2O5. The van der Waals surface area contributed by atoms with Gasteiger partial charge in [-0.05, 0) is 33.1 Å². The van der Waals surface area contributed by atoms with Crippen LogP contribution in [-0.2, 0) is 11.2 Å². The molecule has 3 rings (SSSR count). The summed E-state index contributed by atoms with van der Waals surface area (Å²) in [4.78, 5) is 38.3. The van der Waals surface area contributed by atoms with Crippen molar-refractivity contribution in [1.29, 1.82) is 0 Å². The number of Topliss-reactive ketones (excluding diaryl/α,β-unsaturated/α-hetero) is 1. The first-order chi connectivity index (χ1) is 12.0. The normalized spacial score (nSPS) is 20.2. The van der Waals surface area contributed by atoms with Gasteiger partial charge in [-0.2, -0.15) is 0 Å². The minimum Gasteiger partial charge on any atom is -0.455 e. The third kappa shape index (κ3) is 3.55. The Balaban J connectivity index is 1.73. The first-order valence-corrected chi connectivity index (χ1v) is 8.89. The number of likely N-dealkylation sites (tertiary alicyclic amines) is 1. The van der Waals surface area contributed by atoms with Gasteiger partial charge in [-0.3, -0.25) is 9.59 Å². The van der Waals surface area contributed by atoms with Crippen molar-refractivity contribution in [1.82, 2.24) is 10.2 Å². The molecule has 1 fully saturated rings. The van der Waals surface area contributed by atoms with Gasteiger partial charge < -0.3 is 19.4 Å². The minimum absolute atomic E-state index is 0.0575. The zero-order valence-corrected chi connectivity index (χ0v) is 14.7. The maximum atomic E-state index is 12.9. The van der Waals surface area contributed by atoms with Crippen LogP contribution in [0.4, 0.5) is 4.79 Å². The second kappa shape index (κ2) is 7.29. The molecule has 2 amide bonds. The average molecular weight is 348 g/mol. The lowest BCUT2D eigenvalue weighted by Crippen LogP contribution is -2.49. The fourth-order valence-corrected chi connectivity index (χ4v) is 3.62. The van der Waals surface area contributed by atoms with Gasteiger partial charge in [-0.15, -0.1) is 0 Å². The second-order valence-electron chi connectivity index (χ2n) is 6.59. The number of alkyl carbamates (subject to hydrolysis) is 1. The van der Waals surface area contributed by atoms with Crippen molar-refractivity contribution in [2.75, 3.05) is 19.7 Å². The summed E-state index contributed by atoms with van der Waals surface area (Å²) in [5.74, 6) is 0.740. The number of carbonyl (C=O) groups is 3. The van der Waals surface area contributed by atoms with Crippen molar-refractivity contribution >= 4 is 17.8 Å². The standard InChI is InChI=1S/C18H24N2O5/c1-3-24-18(23)19-12-6-5-9-20(10-12)17(22)16-11(2)15-13(21)7-4-8-14(15)25-16/h12H,3-10H2,1-2H3,(H,19,23)/t12-/m1/s1. The molecule has 7 heteroatoms. The summed E-state index contributed by atoms with van der Waals surface area (Å²) in [5.41, 5.74) is 1.23. The molecule has 0 spiro atoms. The Labute approximate surface area is 146 Å². The molecule has 7 nitrogen and oxygen atoms in total. The van der Waals surface area contributed by atoms with E-state index < -0.39 is 6.09 Å². The molecule has 1 atom stereocenters. The molecule has 1 aliphatic carbocycles. The molecule has 1 aromatic rings. The Bertz CT molecular complexity index is 694. The summed E-state index contributed by atoms with van der Waals surface area (Å²) in [5, 5.41) is 2.79. The van der Waals surface area contributed by atoms with E-state index in [1.165, 1.54) is 0 Å². The molecule has 0 aromatic carbocycles. The molecule has 1 saturated heterocycles. The largest absolute Gasteiger partial charge is 0.455 e. The number of ketones is 1. The van der Waals surface area contributed by atoms with Crippen LogP contribution >= 0.6 is 0 Å². The third-order valence-electron chi connectivity index (χ3n) is 4.81. The predicted molar refractivity (Wildman–Crippen MR) is 89.8 cm³/mol. The molecule has 1 aromatic heterocycles. The van der Waals surface area contributed by atoms with E-state index in [1.54, 1.807) is 18.7 Å². The van der Waals surface area contributed by atoms with Crippen molar-refractivity contribution in [3.05, 3.63) is 22.6 Å². The molecule has 0 unspecified atom stereocenters. The Morgan fingerprint density at radius 3 is 2.84 bits per heavy atom. The SMILES string of the molecule is CCOC(=O)N[C@@H]1CCCN(C(=O)c2oc3c(c2C)C(=O)CCC3)C1. The number of nitrogens with one attached hydrogen (secondary N) is 1. The van der Waals surface area contributed by atoms with Gasteiger partial charge in [0, 0.05) is 37.5 Å². The van der Waals surface area contributed by atoms with E-state index in [9.17, 15) is 14.4 Å². The summed E-state index contributed by atoms with van der Waals surface area (Å²) in [6.07, 6.45) is 3.10. The van der Waals surface area contributed by atoms with Crippen LogP contribution in [0.2, 0.25) is 0 Å². The maximum Gasteiger partial charge on any atom is 0.407 e. The zero-order valence-electron chi connectivity index (χ0n) is 14.7. The van der Waals surface area contributed by atoms with Crippen molar-refractivity contribution in [2.45, 2.75) is 52.0 Å². The van der Waals surface area contributed by atoms with Crippen LogP contribution in [0.3, 0.4) is 0 Å². The number of rotatable bonds is 3. The first-order valence-electron chi connectivity index (χ1n) is 8.89. The molecule has 2 aliphatic rings. The molecule has 136 valence electrons. The van der Waals surface area contributed by atoms with Crippen molar-refractivity contribution in [2.24, 2.45) is 0 Å². The lowest BCUT2D eigenvalue weighted by Gasteiger charge is -2.32. The number of hydrogen-bond acceptors (Lipinski definition) is 5. The number of carbonyl (C=O) groups excluding carboxylic acids is 3. The molecule has 2 heterocycles. The first kappa shape index (κ1) is 17.5. The predicted octanol–water partition coefficient (Wildman–Crippen LogP) is 2.46. The molecule has 25 heavy (non-hydrogen) atoms. The minimum atomic E-state index is -0.461. The lowest BCUT2D eigenvalue weighted by molar-refractivity contribution is 0.0651. The van der Waals surface area contributed by atoms with E-state index in [4.69, 9.17) is 9.15 Å². The van der Waals surface area contributed by atoms with Gasteiger partial charge >= 0.3 is 6.09 Å². The Kier molecular flexibility index (Phi) is 5.11. The van der Waals surface area contributed by atoms with Crippen LogP contribution in [0.1, 0.15) is 64.8 Å². The number of hydrogen-bond donors (Lipinski definition) is 1. The van der Waals surface area contributed by atoms with Crippen LogP contribution in [-0.4, -0.2) is 48.4 Å². The molecule has 1 aliphatic heterocycles. The lowest BCUT2D eigenvalue weighted by atomic mass is 9.94. The Morgan fingerprint density at radius 2 is 2.12 bits per heavy atom. The highest BCUT2D eigenvalue weighted by atomic mass is 16.5. The van der Waals surface area contributed by atoms with Crippen LogP contribution in [0.15, 0.2) is 4.42 Å². The quantitative estimate of drug-likeness (QED) is 0.906. The number of ether oxygens (including phenoxy) is 1. The van der Waals surface area contributed by atoms with Gasteiger partial charge in [0.05, 0.1) is 12.2 Å². The topological polar surface area (TPSA) is 88.8 Å².